The van der Waals surface area contributed by atoms with Gasteiger partial charge in [0.1, 0.15) is 23.4 Å². The number of carbonyl (C=O) groups excluding carboxylic acids is 2. The molecular formula is C21H21N3O4S. The summed E-state index contributed by atoms with van der Waals surface area (Å²) in [6.45, 7) is 0.981. The summed E-state index contributed by atoms with van der Waals surface area (Å²) in [5.74, 6) is 0.246. The van der Waals surface area contributed by atoms with Crippen molar-refractivity contribution >= 4 is 34.2 Å². The first kappa shape index (κ1) is 20.6. The fourth-order valence-electron chi connectivity index (χ4n) is 3.16. The Morgan fingerprint density at radius 2 is 2.14 bits per heavy atom. The first-order chi connectivity index (χ1) is 14.1. The van der Waals surface area contributed by atoms with Crippen molar-refractivity contribution in [1.29, 1.82) is 5.26 Å². The molecule has 2 aromatic rings. The van der Waals surface area contributed by atoms with E-state index in [1.165, 1.54) is 24.5 Å². The van der Waals surface area contributed by atoms with E-state index in [2.05, 4.69) is 11.4 Å². The van der Waals surface area contributed by atoms with Gasteiger partial charge in [-0.05, 0) is 24.1 Å². The Morgan fingerprint density at radius 1 is 1.34 bits per heavy atom. The molecule has 0 bridgehead atoms. The number of nitriles is 1. The maximum atomic E-state index is 12.4. The van der Waals surface area contributed by atoms with E-state index in [1.54, 1.807) is 18.1 Å². The van der Waals surface area contributed by atoms with Gasteiger partial charge < -0.3 is 19.7 Å². The van der Waals surface area contributed by atoms with Crippen molar-refractivity contribution in [2.24, 2.45) is 0 Å². The fraction of sp³-hybridized carbons (Fsp3) is 0.286. The van der Waals surface area contributed by atoms with E-state index in [-0.39, 0.29) is 18.4 Å². The van der Waals surface area contributed by atoms with E-state index in [0.29, 0.717) is 35.8 Å². The molecule has 0 saturated carbocycles. The molecule has 1 aliphatic rings. The lowest BCUT2D eigenvalue weighted by molar-refractivity contribution is -0.136. The number of anilines is 1. The lowest BCUT2D eigenvalue weighted by Gasteiger charge is -2.26. The lowest BCUT2D eigenvalue weighted by Crippen LogP contribution is -2.37. The highest BCUT2D eigenvalue weighted by Gasteiger charge is 2.27. The van der Waals surface area contributed by atoms with Gasteiger partial charge in [0.25, 0.3) is 0 Å². The Labute approximate surface area is 173 Å². The highest BCUT2D eigenvalue weighted by Crippen LogP contribution is 2.36. The Bertz CT molecular complexity index is 990. The van der Waals surface area contributed by atoms with Crippen LogP contribution in [0.2, 0.25) is 0 Å². The van der Waals surface area contributed by atoms with Crippen molar-refractivity contribution in [2.75, 3.05) is 32.7 Å². The van der Waals surface area contributed by atoms with Gasteiger partial charge in [0.15, 0.2) is 0 Å². The van der Waals surface area contributed by atoms with Crippen LogP contribution >= 0.6 is 11.3 Å². The van der Waals surface area contributed by atoms with E-state index in [9.17, 15) is 14.9 Å². The molecule has 0 aliphatic carbocycles. The van der Waals surface area contributed by atoms with Crippen LogP contribution in [-0.2, 0) is 27.3 Å². The van der Waals surface area contributed by atoms with Crippen LogP contribution in [0.5, 0.6) is 5.75 Å². The molecule has 0 spiro atoms. The average molecular weight is 411 g/mol. The predicted molar refractivity (Wildman–Crippen MR) is 111 cm³/mol. The number of hydrogen-bond acceptors (Lipinski definition) is 6. The SMILES string of the molecule is COCC(=O)N1CCc2c(sc(NC(=O)C=Cc3ccccc3OC)c2C#N)C1. The summed E-state index contributed by atoms with van der Waals surface area (Å²) >= 11 is 1.34. The summed E-state index contributed by atoms with van der Waals surface area (Å²) in [6.07, 6.45) is 3.65. The number of para-hydroxylation sites is 1. The Balaban J connectivity index is 1.75. The molecule has 1 N–H and O–H groups in total. The van der Waals surface area contributed by atoms with Crippen molar-refractivity contribution in [3.8, 4) is 11.8 Å². The van der Waals surface area contributed by atoms with E-state index >= 15 is 0 Å². The molecule has 3 rings (SSSR count). The molecule has 1 aliphatic heterocycles. The minimum absolute atomic E-state index is 0.0309. The number of carbonyl (C=O) groups is 2. The molecule has 29 heavy (non-hydrogen) atoms. The van der Waals surface area contributed by atoms with Crippen LogP contribution < -0.4 is 10.1 Å². The van der Waals surface area contributed by atoms with Crippen LogP contribution in [0.3, 0.4) is 0 Å². The summed E-state index contributed by atoms with van der Waals surface area (Å²) in [4.78, 5) is 27.1. The van der Waals surface area contributed by atoms with Gasteiger partial charge in [-0.15, -0.1) is 11.3 Å². The molecule has 0 saturated heterocycles. The number of nitrogens with zero attached hydrogens (tertiary/aromatic N) is 2. The first-order valence-electron chi connectivity index (χ1n) is 9.00. The zero-order chi connectivity index (χ0) is 20.8. The van der Waals surface area contributed by atoms with Crippen molar-refractivity contribution in [3.63, 3.8) is 0 Å². The molecule has 0 atom stereocenters. The zero-order valence-corrected chi connectivity index (χ0v) is 17.0. The van der Waals surface area contributed by atoms with Gasteiger partial charge in [0.05, 0.1) is 19.2 Å². The number of benzene rings is 1. The fourth-order valence-corrected chi connectivity index (χ4v) is 4.38. The molecule has 7 nitrogen and oxygen atoms in total. The third-order valence-electron chi connectivity index (χ3n) is 4.58. The van der Waals surface area contributed by atoms with Gasteiger partial charge in [-0.2, -0.15) is 5.26 Å². The van der Waals surface area contributed by atoms with E-state index < -0.39 is 0 Å². The van der Waals surface area contributed by atoms with Crippen LogP contribution in [0.4, 0.5) is 5.00 Å². The Kier molecular flexibility index (Phi) is 6.65. The Morgan fingerprint density at radius 3 is 2.86 bits per heavy atom. The number of fused-ring (bicyclic) bond motifs is 1. The van der Waals surface area contributed by atoms with Gasteiger partial charge in [-0.1, -0.05) is 18.2 Å². The normalized spacial score (nSPS) is 13.1. The van der Waals surface area contributed by atoms with E-state index in [4.69, 9.17) is 9.47 Å². The number of hydrogen-bond donors (Lipinski definition) is 1. The Hall–Kier alpha value is -3.15. The monoisotopic (exact) mass is 411 g/mol. The van der Waals surface area contributed by atoms with Gasteiger partial charge in [0.2, 0.25) is 11.8 Å². The van der Waals surface area contributed by atoms with Gasteiger partial charge in [-0.25, -0.2) is 0 Å². The maximum absolute atomic E-state index is 12.4. The number of rotatable bonds is 6. The smallest absolute Gasteiger partial charge is 0.249 e. The topological polar surface area (TPSA) is 91.7 Å². The third-order valence-corrected chi connectivity index (χ3v) is 5.71. The molecule has 150 valence electrons. The summed E-state index contributed by atoms with van der Waals surface area (Å²) in [6, 6.07) is 9.57. The van der Waals surface area contributed by atoms with E-state index in [0.717, 1.165) is 16.0 Å². The molecule has 2 amide bonds. The number of nitrogens with one attached hydrogen (secondary N) is 1. The van der Waals surface area contributed by atoms with Crippen LogP contribution in [0, 0.1) is 11.3 Å². The van der Waals surface area contributed by atoms with Crippen LogP contribution in [-0.4, -0.2) is 44.1 Å². The largest absolute Gasteiger partial charge is 0.496 e. The summed E-state index contributed by atoms with van der Waals surface area (Å²) in [5, 5.41) is 12.9. The number of amides is 2. The van der Waals surface area contributed by atoms with E-state index in [1.807, 2.05) is 24.3 Å². The van der Waals surface area contributed by atoms with Gasteiger partial charge >= 0.3 is 0 Å². The second-order valence-electron chi connectivity index (χ2n) is 6.38. The molecule has 0 radical (unpaired) electrons. The molecule has 0 fully saturated rings. The molecule has 0 unspecified atom stereocenters. The van der Waals surface area contributed by atoms with Crippen LogP contribution in [0.25, 0.3) is 6.08 Å². The minimum Gasteiger partial charge on any atom is -0.496 e. The van der Waals surface area contributed by atoms with Crippen molar-refractivity contribution < 1.29 is 19.1 Å². The maximum Gasteiger partial charge on any atom is 0.249 e. The summed E-state index contributed by atoms with van der Waals surface area (Å²) in [5.41, 5.74) is 2.16. The number of thiophene rings is 1. The predicted octanol–water partition coefficient (Wildman–Crippen LogP) is 2.81. The second kappa shape index (κ2) is 9.37. The van der Waals surface area contributed by atoms with Crippen LogP contribution in [0.15, 0.2) is 30.3 Å². The number of ether oxygens (including phenoxy) is 2. The minimum atomic E-state index is -0.335. The molecular weight excluding hydrogens is 390 g/mol. The molecule has 1 aromatic carbocycles. The molecule has 8 heteroatoms. The first-order valence-corrected chi connectivity index (χ1v) is 9.82. The average Bonchev–Trinajstić information content (AvgIpc) is 3.08. The van der Waals surface area contributed by atoms with Crippen molar-refractivity contribution in [3.05, 3.63) is 51.9 Å². The van der Waals surface area contributed by atoms with Crippen molar-refractivity contribution in [2.45, 2.75) is 13.0 Å². The van der Waals surface area contributed by atoms with Gasteiger partial charge in [0, 0.05) is 30.2 Å². The zero-order valence-electron chi connectivity index (χ0n) is 16.2. The molecule has 1 aromatic heterocycles. The summed E-state index contributed by atoms with van der Waals surface area (Å²) < 4.78 is 10.2. The van der Waals surface area contributed by atoms with Crippen LogP contribution in [0.1, 0.15) is 21.6 Å². The third kappa shape index (κ3) is 4.65. The highest BCUT2D eigenvalue weighted by atomic mass is 32.1. The lowest BCUT2D eigenvalue weighted by atomic mass is 10.0. The van der Waals surface area contributed by atoms with Crippen molar-refractivity contribution in [1.82, 2.24) is 4.90 Å². The quantitative estimate of drug-likeness (QED) is 0.738. The standard InChI is InChI=1S/C21H21N3O4S/c1-27-13-20(26)24-10-9-15-16(11-22)21(29-18(15)12-24)23-19(25)8-7-14-5-3-4-6-17(14)28-2/h3-8H,9-10,12-13H2,1-2H3,(H,23,25). The number of methoxy groups -OCH3 is 2. The highest BCUT2D eigenvalue weighted by molar-refractivity contribution is 7.16. The summed E-state index contributed by atoms with van der Waals surface area (Å²) in [7, 11) is 3.06. The van der Waals surface area contributed by atoms with Gasteiger partial charge in [-0.3, -0.25) is 9.59 Å². The second-order valence-corrected chi connectivity index (χ2v) is 7.49. The molecule has 2 heterocycles.